The Morgan fingerprint density at radius 3 is 2.56 bits per heavy atom. The largest absolute Gasteiger partial charge is 0.355 e. The molecule has 0 aliphatic carbocycles. The monoisotopic (exact) mass is 229 g/mol. The van der Waals surface area contributed by atoms with Gasteiger partial charge in [0.15, 0.2) is 0 Å². The van der Waals surface area contributed by atoms with Crippen LogP contribution in [0.2, 0.25) is 0 Å². The fourth-order valence-corrected chi connectivity index (χ4v) is 1.19. The summed E-state index contributed by atoms with van der Waals surface area (Å²) in [6, 6.07) is 0. The topological polar surface area (TPSA) is 44.4 Å². The zero-order chi connectivity index (χ0) is 12.4. The summed E-state index contributed by atoms with van der Waals surface area (Å²) >= 11 is 0. The van der Waals surface area contributed by atoms with E-state index in [0.717, 1.165) is 32.6 Å². The maximum Gasteiger partial charge on any atom is 0.233 e. The van der Waals surface area contributed by atoms with Gasteiger partial charge in [-0.1, -0.05) is 20.8 Å². The van der Waals surface area contributed by atoms with Crippen LogP contribution in [0.4, 0.5) is 0 Å². The molecule has 1 amide bonds. The molecule has 0 rings (SSSR count). The summed E-state index contributed by atoms with van der Waals surface area (Å²) in [4.78, 5) is 13.6. The molecular formula is C12H27N3O. The van der Waals surface area contributed by atoms with Gasteiger partial charge in [-0.05, 0) is 25.9 Å². The van der Waals surface area contributed by atoms with E-state index < -0.39 is 0 Å². The predicted molar refractivity (Wildman–Crippen MR) is 68.5 cm³/mol. The molecule has 0 aromatic rings. The van der Waals surface area contributed by atoms with Crippen LogP contribution in [0.1, 0.15) is 27.2 Å². The van der Waals surface area contributed by atoms with Crippen molar-refractivity contribution in [2.75, 3.05) is 39.8 Å². The number of nitrogens with one attached hydrogen (secondary N) is 2. The number of hydrogen-bond acceptors (Lipinski definition) is 3. The summed E-state index contributed by atoms with van der Waals surface area (Å²) in [6.07, 6.45) is 1.05. The average Bonchev–Trinajstić information content (AvgIpc) is 2.23. The van der Waals surface area contributed by atoms with E-state index in [1.807, 2.05) is 0 Å². The second-order valence-electron chi connectivity index (χ2n) is 4.61. The number of hydrogen-bond donors (Lipinski definition) is 2. The molecule has 0 bridgehead atoms. The minimum atomic E-state index is 0.0970. The zero-order valence-corrected chi connectivity index (χ0v) is 11.2. The van der Waals surface area contributed by atoms with Crippen LogP contribution in [-0.4, -0.2) is 50.6 Å². The van der Waals surface area contributed by atoms with Crippen molar-refractivity contribution in [3.63, 3.8) is 0 Å². The molecular weight excluding hydrogens is 202 g/mol. The standard InChI is InChI=1S/C12H27N3O/c1-5-15(4)9-8-13-10-12(16)14-7-6-11(2)3/h11,13H,5-10H2,1-4H3,(H,14,16). The summed E-state index contributed by atoms with van der Waals surface area (Å²) in [7, 11) is 2.07. The molecule has 4 heteroatoms. The van der Waals surface area contributed by atoms with Gasteiger partial charge in [0.1, 0.15) is 0 Å². The van der Waals surface area contributed by atoms with E-state index in [1.165, 1.54) is 0 Å². The molecule has 2 N–H and O–H groups in total. The fraction of sp³-hybridized carbons (Fsp3) is 0.917. The van der Waals surface area contributed by atoms with Crippen molar-refractivity contribution in [1.29, 1.82) is 0 Å². The normalized spacial score (nSPS) is 11.1. The summed E-state index contributed by atoms with van der Waals surface area (Å²) < 4.78 is 0. The minimum Gasteiger partial charge on any atom is -0.355 e. The quantitative estimate of drug-likeness (QED) is 0.572. The first-order valence-corrected chi connectivity index (χ1v) is 6.22. The van der Waals surface area contributed by atoms with Crippen LogP contribution in [0.3, 0.4) is 0 Å². The van der Waals surface area contributed by atoms with Gasteiger partial charge in [-0.3, -0.25) is 4.79 Å². The molecule has 16 heavy (non-hydrogen) atoms. The Labute approximate surface area is 99.8 Å². The first-order chi connectivity index (χ1) is 7.56. The maximum absolute atomic E-state index is 11.4. The van der Waals surface area contributed by atoms with Crippen molar-refractivity contribution >= 4 is 5.91 Å². The molecule has 4 nitrogen and oxygen atoms in total. The first-order valence-electron chi connectivity index (χ1n) is 6.22. The molecule has 0 saturated carbocycles. The van der Waals surface area contributed by atoms with E-state index in [9.17, 15) is 4.79 Å². The Kier molecular flexibility index (Phi) is 9.24. The van der Waals surface area contributed by atoms with E-state index in [4.69, 9.17) is 0 Å². The summed E-state index contributed by atoms with van der Waals surface area (Å²) in [5, 5.41) is 6.04. The molecule has 0 aliphatic heterocycles. The second kappa shape index (κ2) is 9.60. The Hall–Kier alpha value is -0.610. The Morgan fingerprint density at radius 2 is 2.00 bits per heavy atom. The Bertz CT molecular complexity index is 183. The van der Waals surface area contributed by atoms with Crippen molar-refractivity contribution in [2.24, 2.45) is 5.92 Å². The van der Waals surface area contributed by atoms with Crippen LogP contribution in [-0.2, 0) is 4.79 Å². The molecule has 96 valence electrons. The molecule has 0 aromatic carbocycles. The van der Waals surface area contributed by atoms with Gasteiger partial charge < -0.3 is 15.5 Å². The highest BCUT2D eigenvalue weighted by atomic mass is 16.1. The lowest BCUT2D eigenvalue weighted by molar-refractivity contribution is -0.120. The second-order valence-corrected chi connectivity index (χ2v) is 4.61. The molecule has 0 heterocycles. The van der Waals surface area contributed by atoms with Crippen LogP contribution >= 0.6 is 0 Å². The molecule has 0 unspecified atom stereocenters. The lowest BCUT2D eigenvalue weighted by Crippen LogP contribution is -2.37. The Balaban J connectivity index is 3.30. The van der Waals surface area contributed by atoms with Crippen molar-refractivity contribution in [3.8, 4) is 0 Å². The highest BCUT2D eigenvalue weighted by molar-refractivity contribution is 5.77. The van der Waals surface area contributed by atoms with Gasteiger partial charge in [0.05, 0.1) is 6.54 Å². The minimum absolute atomic E-state index is 0.0970. The van der Waals surface area contributed by atoms with Crippen LogP contribution in [0.25, 0.3) is 0 Å². The highest BCUT2D eigenvalue weighted by Crippen LogP contribution is 1.95. The fourth-order valence-electron chi connectivity index (χ4n) is 1.19. The number of nitrogens with zero attached hydrogens (tertiary/aromatic N) is 1. The van der Waals surface area contributed by atoms with E-state index >= 15 is 0 Å². The van der Waals surface area contributed by atoms with Crippen molar-refractivity contribution in [3.05, 3.63) is 0 Å². The lowest BCUT2D eigenvalue weighted by atomic mass is 10.1. The van der Waals surface area contributed by atoms with Crippen molar-refractivity contribution in [2.45, 2.75) is 27.2 Å². The highest BCUT2D eigenvalue weighted by Gasteiger charge is 2.01. The van der Waals surface area contributed by atoms with E-state index in [-0.39, 0.29) is 5.91 Å². The molecule has 0 spiro atoms. The molecule has 0 aliphatic rings. The van der Waals surface area contributed by atoms with Gasteiger partial charge in [0, 0.05) is 19.6 Å². The molecule has 0 saturated heterocycles. The number of carbonyl (C=O) groups excluding carboxylic acids is 1. The lowest BCUT2D eigenvalue weighted by Gasteiger charge is -2.14. The van der Waals surface area contributed by atoms with Crippen molar-refractivity contribution < 1.29 is 4.79 Å². The number of carbonyl (C=O) groups is 1. The number of rotatable bonds is 9. The summed E-state index contributed by atoms with van der Waals surface area (Å²) in [5.74, 6) is 0.742. The van der Waals surface area contributed by atoms with Gasteiger partial charge in [0.2, 0.25) is 5.91 Å². The number of amides is 1. The molecule has 0 aromatic heterocycles. The van der Waals surface area contributed by atoms with Crippen LogP contribution in [0.5, 0.6) is 0 Å². The van der Waals surface area contributed by atoms with Crippen LogP contribution < -0.4 is 10.6 Å². The maximum atomic E-state index is 11.4. The first kappa shape index (κ1) is 15.4. The van der Waals surface area contributed by atoms with Gasteiger partial charge in [-0.2, -0.15) is 0 Å². The predicted octanol–water partition coefficient (Wildman–Crippen LogP) is 0.690. The van der Waals surface area contributed by atoms with Gasteiger partial charge >= 0.3 is 0 Å². The van der Waals surface area contributed by atoms with Crippen molar-refractivity contribution in [1.82, 2.24) is 15.5 Å². The third-order valence-corrected chi connectivity index (χ3v) is 2.54. The van der Waals surface area contributed by atoms with Gasteiger partial charge in [-0.15, -0.1) is 0 Å². The number of likely N-dealkylation sites (N-methyl/N-ethyl adjacent to an activating group) is 1. The average molecular weight is 229 g/mol. The van der Waals surface area contributed by atoms with Crippen LogP contribution in [0, 0.1) is 5.92 Å². The van der Waals surface area contributed by atoms with Crippen LogP contribution in [0.15, 0.2) is 0 Å². The van der Waals surface area contributed by atoms with E-state index in [0.29, 0.717) is 12.5 Å². The SMILES string of the molecule is CCN(C)CCNCC(=O)NCCC(C)C. The van der Waals surface area contributed by atoms with Gasteiger partial charge in [-0.25, -0.2) is 0 Å². The molecule has 0 radical (unpaired) electrons. The molecule has 0 atom stereocenters. The van der Waals surface area contributed by atoms with E-state index in [1.54, 1.807) is 0 Å². The smallest absolute Gasteiger partial charge is 0.233 e. The third kappa shape index (κ3) is 9.93. The van der Waals surface area contributed by atoms with Gasteiger partial charge in [0.25, 0.3) is 0 Å². The summed E-state index contributed by atoms with van der Waals surface area (Å²) in [6.45, 7) is 10.5. The van der Waals surface area contributed by atoms with E-state index in [2.05, 4.69) is 43.4 Å². The Morgan fingerprint density at radius 1 is 1.31 bits per heavy atom. The zero-order valence-electron chi connectivity index (χ0n) is 11.2. The third-order valence-electron chi connectivity index (χ3n) is 2.54. The molecule has 0 fully saturated rings. The summed E-state index contributed by atoms with van der Waals surface area (Å²) in [5.41, 5.74) is 0.